The average Bonchev–Trinajstić information content (AvgIpc) is 2.20. The number of rotatable bonds is 3. The number of nitrogens with zero attached hydrogens (tertiary/aromatic N) is 1. The Morgan fingerprint density at radius 3 is 2.29 bits per heavy atom. The molecule has 3 nitrogen and oxygen atoms in total. The molecule has 0 N–H and O–H groups in total. The first-order valence-corrected chi connectivity index (χ1v) is 4.60. The molecule has 0 atom stereocenters. The summed E-state index contributed by atoms with van der Waals surface area (Å²) in [6, 6.07) is 9.31. The van der Waals surface area contributed by atoms with Gasteiger partial charge in [-0.15, -0.1) is 0 Å². The largest absolute Gasteiger partial charge is 0.272 e. The Morgan fingerprint density at radius 2 is 1.86 bits per heavy atom. The minimum absolute atomic E-state index is 0.0429. The Labute approximate surface area is 84.2 Å². The number of carbonyl (C=O) groups excluding carboxylic acids is 1. The van der Waals surface area contributed by atoms with Gasteiger partial charge in [-0.1, -0.05) is 32.0 Å². The van der Waals surface area contributed by atoms with E-state index in [4.69, 9.17) is 4.84 Å². The minimum atomic E-state index is -0.0739. The molecule has 0 saturated heterocycles. The molecule has 1 aromatic carbocycles. The molecule has 76 valence electrons. The lowest BCUT2D eigenvalue weighted by Crippen LogP contribution is -2.33. The van der Waals surface area contributed by atoms with E-state index in [2.05, 4.69) is 0 Å². The van der Waals surface area contributed by atoms with Gasteiger partial charge in [0.05, 0.1) is 12.8 Å². The molecule has 0 aromatic heterocycles. The standard InChI is InChI=1S/C11H15NO2/c1-9(2)11(13)12(14-3)10-7-5-4-6-8-10/h4-9H,1-3H3. The van der Waals surface area contributed by atoms with Crippen molar-refractivity contribution >= 4 is 11.6 Å². The molecule has 0 aliphatic carbocycles. The van der Waals surface area contributed by atoms with E-state index in [0.29, 0.717) is 0 Å². The van der Waals surface area contributed by atoms with Gasteiger partial charge in [0, 0.05) is 5.92 Å². The fourth-order valence-electron chi connectivity index (χ4n) is 1.12. The van der Waals surface area contributed by atoms with Gasteiger partial charge >= 0.3 is 0 Å². The second kappa shape index (κ2) is 4.77. The number of hydrogen-bond donors (Lipinski definition) is 0. The van der Waals surface area contributed by atoms with E-state index in [0.717, 1.165) is 5.69 Å². The van der Waals surface area contributed by atoms with Crippen molar-refractivity contribution < 1.29 is 9.63 Å². The summed E-state index contributed by atoms with van der Waals surface area (Å²) in [7, 11) is 1.49. The SMILES string of the molecule is CON(C(=O)C(C)C)c1ccccc1. The number of hydrogen-bond acceptors (Lipinski definition) is 2. The first-order valence-electron chi connectivity index (χ1n) is 4.60. The molecule has 14 heavy (non-hydrogen) atoms. The van der Waals surface area contributed by atoms with Gasteiger partial charge in [-0.2, -0.15) is 5.06 Å². The van der Waals surface area contributed by atoms with Crippen molar-refractivity contribution in [2.45, 2.75) is 13.8 Å². The lowest BCUT2D eigenvalue weighted by Gasteiger charge is -2.21. The predicted molar refractivity (Wildman–Crippen MR) is 55.8 cm³/mol. The predicted octanol–water partition coefficient (Wildman–Crippen LogP) is 2.24. The van der Waals surface area contributed by atoms with Gasteiger partial charge in [0.25, 0.3) is 5.91 Å². The van der Waals surface area contributed by atoms with Gasteiger partial charge in [0.15, 0.2) is 0 Å². The topological polar surface area (TPSA) is 29.5 Å². The van der Waals surface area contributed by atoms with Crippen LogP contribution in [0.25, 0.3) is 0 Å². The van der Waals surface area contributed by atoms with Crippen LogP contribution < -0.4 is 5.06 Å². The lowest BCUT2D eigenvalue weighted by molar-refractivity contribution is -0.127. The summed E-state index contributed by atoms with van der Waals surface area (Å²) in [6.07, 6.45) is 0. The molecule has 0 aliphatic heterocycles. The van der Waals surface area contributed by atoms with Crippen molar-refractivity contribution in [3.63, 3.8) is 0 Å². The highest BCUT2D eigenvalue weighted by Gasteiger charge is 2.18. The van der Waals surface area contributed by atoms with E-state index in [1.807, 2.05) is 44.2 Å². The van der Waals surface area contributed by atoms with E-state index in [1.54, 1.807) is 0 Å². The Bertz CT molecular complexity index is 295. The van der Waals surface area contributed by atoms with Gasteiger partial charge in [-0.25, -0.2) is 0 Å². The number of para-hydroxylation sites is 1. The minimum Gasteiger partial charge on any atom is -0.272 e. The number of carbonyl (C=O) groups is 1. The molecule has 0 heterocycles. The van der Waals surface area contributed by atoms with Gasteiger partial charge in [0.2, 0.25) is 0 Å². The zero-order valence-electron chi connectivity index (χ0n) is 8.73. The third-order valence-electron chi connectivity index (χ3n) is 1.87. The van der Waals surface area contributed by atoms with Crippen LogP contribution in [0, 0.1) is 5.92 Å². The van der Waals surface area contributed by atoms with Crippen molar-refractivity contribution in [1.29, 1.82) is 0 Å². The van der Waals surface area contributed by atoms with Crippen LogP contribution >= 0.6 is 0 Å². The maximum Gasteiger partial charge on any atom is 0.253 e. The van der Waals surface area contributed by atoms with E-state index < -0.39 is 0 Å². The van der Waals surface area contributed by atoms with E-state index in [9.17, 15) is 4.79 Å². The van der Waals surface area contributed by atoms with E-state index >= 15 is 0 Å². The fraction of sp³-hybridized carbons (Fsp3) is 0.364. The van der Waals surface area contributed by atoms with Crippen LogP contribution in [0.4, 0.5) is 5.69 Å². The Kier molecular flexibility index (Phi) is 3.65. The fourth-order valence-corrected chi connectivity index (χ4v) is 1.12. The van der Waals surface area contributed by atoms with Crippen LogP contribution in [0.2, 0.25) is 0 Å². The zero-order valence-corrected chi connectivity index (χ0v) is 8.73. The van der Waals surface area contributed by atoms with Crippen LogP contribution in [-0.2, 0) is 9.63 Å². The molecule has 0 saturated carbocycles. The van der Waals surface area contributed by atoms with Crippen molar-refractivity contribution in [3.8, 4) is 0 Å². The summed E-state index contributed by atoms with van der Waals surface area (Å²) in [6.45, 7) is 3.69. The Morgan fingerprint density at radius 1 is 1.29 bits per heavy atom. The Balaban J connectivity index is 2.88. The molecular formula is C11H15NO2. The summed E-state index contributed by atoms with van der Waals surface area (Å²) in [5, 5.41) is 1.31. The molecule has 1 aromatic rings. The lowest BCUT2D eigenvalue weighted by atomic mass is 10.2. The second-order valence-electron chi connectivity index (χ2n) is 3.31. The van der Waals surface area contributed by atoms with E-state index in [1.165, 1.54) is 12.2 Å². The second-order valence-corrected chi connectivity index (χ2v) is 3.31. The molecule has 1 rings (SSSR count). The molecule has 0 fully saturated rings. The summed E-state index contributed by atoms with van der Waals surface area (Å²) in [5.74, 6) is -0.117. The number of hydroxylamine groups is 1. The highest BCUT2D eigenvalue weighted by atomic mass is 16.7. The third kappa shape index (κ3) is 2.33. The smallest absolute Gasteiger partial charge is 0.253 e. The molecule has 0 unspecified atom stereocenters. The normalized spacial score (nSPS) is 10.3. The molecule has 0 radical (unpaired) electrons. The average molecular weight is 193 g/mol. The molecule has 3 heteroatoms. The first-order chi connectivity index (χ1) is 6.66. The zero-order chi connectivity index (χ0) is 10.6. The highest BCUT2D eigenvalue weighted by molar-refractivity contribution is 5.92. The van der Waals surface area contributed by atoms with Crippen molar-refractivity contribution in [2.24, 2.45) is 5.92 Å². The van der Waals surface area contributed by atoms with Crippen molar-refractivity contribution in [3.05, 3.63) is 30.3 Å². The molecule has 0 bridgehead atoms. The summed E-state index contributed by atoms with van der Waals surface area (Å²) in [5.41, 5.74) is 0.758. The maximum atomic E-state index is 11.7. The quantitative estimate of drug-likeness (QED) is 0.689. The molecular weight excluding hydrogens is 178 g/mol. The van der Waals surface area contributed by atoms with Crippen LogP contribution in [0.3, 0.4) is 0 Å². The molecule has 0 aliphatic rings. The van der Waals surface area contributed by atoms with Crippen molar-refractivity contribution in [1.82, 2.24) is 0 Å². The summed E-state index contributed by atoms with van der Waals surface area (Å²) < 4.78 is 0. The third-order valence-corrected chi connectivity index (χ3v) is 1.87. The van der Waals surface area contributed by atoms with Gasteiger partial charge < -0.3 is 0 Å². The van der Waals surface area contributed by atoms with Crippen LogP contribution in [0.15, 0.2) is 30.3 Å². The van der Waals surface area contributed by atoms with Crippen molar-refractivity contribution in [2.75, 3.05) is 12.2 Å². The summed E-state index contributed by atoms with van der Waals surface area (Å²) in [4.78, 5) is 16.7. The number of benzene rings is 1. The Hall–Kier alpha value is -1.35. The van der Waals surface area contributed by atoms with Crippen LogP contribution in [0.5, 0.6) is 0 Å². The monoisotopic (exact) mass is 193 g/mol. The number of amides is 1. The highest BCUT2D eigenvalue weighted by Crippen LogP contribution is 2.15. The first kappa shape index (κ1) is 10.7. The molecule has 0 spiro atoms. The van der Waals surface area contributed by atoms with Crippen LogP contribution in [0.1, 0.15) is 13.8 Å². The summed E-state index contributed by atoms with van der Waals surface area (Å²) >= 11 is 0. The number of anilines is 1. The van der Waals surface area contributed by atoms with E-state index in [-0.39, 0.29) is 11.8 Å². The maximum absolute atomic E-state index is 11.7. The van der Waals surface area contributed by atoms with Gasteiger partial charge in [-0.05, 0) is 12.1 Å². The molecule has 1 amide bonds. The van der Waals surface area contributed by atoms with Crippen LogP contribution in [-0.4, -0.2) is 13.0 Å². The van der Waals surface area contributed by atoms with Gasteiger partial charge in [0.1, 0.15) is 0 Å². The van der Waals surface area contributed by atoms with Gasteiger partial charge in [-0.3, -0.25) is 9.63 Å².